The van der Waals surface area contributed by atoms with Gasteiger partial charge in [0, 0.05) is 33.6 Å². The average molecular weight is 274 g/mol. The molecule has 1 aromatic heterocycles. The summed E-state index contributed by atoms with van der Waals surface area (Å²) < 4.78 is 2.20. The van der Waals surface area contributed by atoms with Crippen LogP contribution in [-0.4, -0.2) is 41.0 Å². The predicted molar refractivity (Wildman–Crippen MR) is 80.4 cm³/mol. The summed E-state index contributed by atoms with van der Waals surface area (Å²) >= 11 is 0. The summed E-state index contributed by atoms with van der Waals surface area (Å²) in [5.41, 5.74) is 2.19. The molecule has 2 aromatic rings. The summed E-state index contributed by atoms with van der Waals surface area (Å²) in [5, 5.41) is 3.29. The first-order valence-electron chi connectivity index (χ1n) is 6.98. The maximum absolute atomic E-state index is 11.5. The number of carbonyl (C=O) groups is 1. The van der Waals surface area contributed by atoms with Crippen molar-refractivity contribution < 1.29 is 4.79 Å². The van der Waals surface area contributed by atoms with Gasteiger partial charge in [-0.25, -0.2) is 4.98 Å². The Morgan fingerprint density at radius 2 is 2.10 bits per heavy atom. The van der Waals surface area contributed by atoms with Crippen LogP contribution in [0.3, 0.4) is 0 Å². The Hall–Kier alpha value is -1.88. The van der Waals surface area contributed by atoms with Crippen LogP contribution in [0.4, 0.5) is 0 Å². The highest BCUT2D eigenvalue weighted by Crippen LogP contribution is 2.15. The van der Waals surface area contributed by atoms with Gasteiger partial charge in [-0.1, -0.05) is 12.1 Å². The first-order valence-corrected chi connectivity index (χ1v) is 6.98. The van der Waals surface area contributed by atoms with Crippen molar-refractivity contribution in [2.75, 3.05) is 20.6 Å². The first kappa shape index (κ1) is 14.5. The molecule has 0 aliphatic carbocycles. The number of hydrogen-bond donors (Lipinski definition) is 1. The quantitative estimate of drug-likeness (QED) is 0.814. The van der Waals surface area contributed by atoms with Crippen LogP contribution in [0.5, 0.6) is 0 Å². The van der Waals surface area contributed by atoms with Crippen molar-refractivity contribution in [3.05, 3.63) is 30.1 Å². The van der Waals surface area contributed by atoms with E-state index in [2.05, 4.69) is 27.9 Å². The molecule has 2 rings (SSSR count). The summed E-state index contributed by atoms with van der Waals surface area (Å²) in [7, 11) is 3.55. The number of benzene rings is 1. The molecule has 1 aromatic carbocycles. The second kappa shape index (κ2) is 6.52. The molecule has 1 amide bonds. The fourth-order valence-corrected chi connectivity index (χ4v) is 2.23. The number of aromatic nitrogens is 2. The molecule has 0 spiro atoms. The van der Waals surface area contributed by atoms with Crippen molar-refractivity contribution in [1.82, 2.24) is 19.8 Å². The number of nitrogens with zero attached hydrogens (tertiary/aromatic N) is 3. The molecule has 0 saturated heterocycles. The number of carbonyl (C=O) groups excluding carboxylic acids is 1. The van der Waals surface area contributed by atoms with Crippen LogP contribution < -0.4 is 5.32 Å². The van der Waals surface area contributed by atoms with Gasteiger partial charge in [-0.2, -0.15) is 0 Å². The van der Waals surface area contributed by atoms with E-state index in [4.69, 9.17) is 0 Å². The van der Waals surface area contributed by atoms with Gasteiger partial charge < -0.3 is 14.8 Å². The van der Waals surface area contributed by atoms with Crippen LogP contribution in [0.2, 0.25) is 0 Å². The molecule has 108 valence electrons. The molecule has 0 saturated carbocycles. The zero-order chi connectivity index (χ0) is 14.5. The minimum absolute atomic E-state index is 0.140. The van der Waals surface area contributed by atoms with Crippen molar-refractivity contribution in [2.24, 2.45) is 0 Å². The van der Waals surface area contributed by atoms with Gasteiger partial charge in [-0.05, 0) is 19.1 Å². The number of rotatable bonds is 6. The lowest BCUT2D eigenvalue weighted by Gasteiger charge is -2.11. The molecular formula is C15H22N4O. The molecule has 0 aliphatic rings. The first-order chi connectivity index (χ1) is 9.63. The van der Waals surface area contributed by atoms with Crippen molar-refractivity contribution in [3.63, 3.8) is 0 Å². The van der Waals surface area contributed by atoms with E-state index >= 15 is 0 Å². The zero-order valence-electron chi connectivity index (χ0n) is 12.4. The maximum atomic E-state index is 11.5. The number of para-hydroxylation sites is 2. The van der Waals surface area contributed by atoms with E-state index < -0.39 is 0 Å². The van der Waals surface area contributed by atoms with Crippen LogP contribution in [0.15, 0.2) is 24.3 Å². The van der Waals surface area contributed by atoms with Gasteiger partial charge in [0.25, 0.3) is 0 Å². The van der Waals surface area contributed by atoms with E-state index in [-0.39, 0.29) is 5.91 Å². The van der Waals surface area contributed by atoms with Crippen molar-refractivity contribution >= 4 is 16.9 Å². The summed E-state index contributed by atoms with van der Waals surface area (Å²) in [5.74, 6) is 1.16. The third kappa shape index (κ3) is 3.17. The second-order valence-electron chi connectivity index (χ2n) is 4.98. The lowest BCUT2D eigenvalue weighted by Crippen LogP contribution is -2.27. The van der Waals surface area contributed by atoms with E-state index in [0.717, 1.165) is 23.4 Å². The van der Waals surface area contributed by atoms with Gasteiger partial charge >= 0.3 is 0 Å². The lowest BCUT2D eigenvalue weighted by atomic mass is 10.3. The monoisotopic (exact) mass is 274 g/mol. The van der Waals surface area contributed by atoms with Gasteiger partial charge in [0.15, 0.2) is 0 Å². The Morgan fingerprint density at radius 1 is 1.35 bits per heavy atom. The molecule has 0 atom stereocenters. The van der Waals surface area contributed by atoms with E-state index in [1.165, 1.54) is 0 Å². The fraction of sp³-hybridized carbons (Fsp3) is 0.467. The Labute approximate surface area is 119 Å². The molecular weight excluding hydrogens is 252 g/mol. The van der Waals surface area contributed by atoms with Crippen LogP contribution >= 0.6 is 0 Å². The van der Waals surface area contributed by atoms with Gasteiger partial charge in [-0.15, -0.1) is 0 Å². The number of aryl methyl sites for hydroxylation is 1. The Bertz CT molecular complexity index is 589. The smallest absolute Gasteiger partial charge is 0.223 e. The zero-order valence-corrected chi connectivity index (χ0v) is 12.4. The number of amides is 1. The number of hydrogen-bond acceptors (Lipinski definition) is 3. The average Bonchev–Trinajstić information content (AvgIpc) is 2.80. The van der Waals surface area contributed by atoms with E-state index in [0.29, 0.717) is 19.5 Å². The number of nitrogens with one attached hydrogen (secondary N) is 1. The van der Waals surface area contributed by atoms with Crippen LogP contribution in [0.25, 0.3) is 11.0 Å². The molecule has 0 bridgehead atoms. The summed E-state index contributed by atoms with van der Waals surface area (Å²) in [6, 6.07) is 8.15. The maximum Gasteiger partial charge on any atom is 0.223 e. The van der Waals surface area contributed by atoms with Gasteiger partial charge in [-0.3, -0.25) is 4.79 Å². The molecule has 1 N–H and O–H groups in total. The topological polar surface area (TPSA) is 50.2 Å². The molecule has 20 heavy (non-hydrogen) atoms. The van der Waals surface area contributed by atoms with Crippen LogP contribution in [0, 0.1) is 0 Å². The standard InChI is InChI=1S/C15H22N4O/c1-4-19-13-8-6-5-7-12(13)17-14(19)11-16-10-9-15(20)18(2)3/h5-8,16H,4,9-11H2,1-3H3. The van der Waals surface area contributed by atoms with Crippen molar-refractivity contribution in [2.45, 2.75) is 26.4 Å². The molecule has 0 aliphatic heterocycles. The number of fused-ring (bicyclic) bond motifs is 1. The highest BCUT2D eigenvalue weighted by Gasteiger charge is 2.09. The summed E-state index contributed by atoms with van der Waals surface area (Å²) in [4.78, 5) is 17.7. The Kier molecular flexibility index (Phi) is 4.74. The predicted octanol–water partition coefficient (Wildman–Crippen LogP) is 1.62. The summed E-state index contributed by atoms with van der Waals surface area (Å²) in [6.07, 6.45) is 0.513. The Balaban J connectivity index is 1.98. The largest absolute Gasteiger partial charge is 0.349 e. The fourth-order valence-electron chi connectivity index (χ4n) is 2.23. The van der Waals surface area contributed by atoms with Gasteiger partial charge in [0.1, 0.15) is 5.82 Å². The van der Waals surface area contributed by atoms with Crippen molar-refractivity contribution in [1.29, 1.82) is 0 Å². The summed E-state index contributed by atoms with van der Waals surface area (Å²) in [6.45, 7) is 4.37. The molecule has 0 fully saturated rings. The van der Waals surface area contributed by atoms with E-state index in [9.17, 15) is 4.79 Å². The van der Waals surface area contributed by atoms with E-state index in [1.807, 2.05) is 18.2 Å². The molecule has 0 radical (unpaired) electrons. The minimum Gasteiger partial charge on any atom is -0.349 e. The highest BCUT2D eigenvalue weighted by atomic mass is 16.2. The minimum atomic E-state index is 0.140. The molecule has 1 heterocycles. The van der Waals surface area contributed by atoms with Gasteiger partial charge in [0.2, 0.25) is 5.91 Å². The molecule has 5 nitrogen and oxygen atoms in total. The third-order valence-electron chi connectivity index (χ3n) is 3.35. The van der Waals surface area contributed by atoms with Crippen LogP contribution in [0.1, 0.15) is 19.2 Å². The SMILES string of the molecule is CCn1c(CNCCC(=O)N(C)C)nc2ccccc21. The van der Waals surface area contributed by atoms with Gasteiger partial charge in [0.05, 0.1) is 17.6 Å². The molecule has 5 heteroatoms. The highest BCUT2D eigenvalue weighted by molar-refractivity contribution is 5.76. The lowest BCUT2D eigenvalue weighted by molar-refractivity contribution is -0.128. The number of imidazole rings is 1. The Morgan fingerprint density at radius 3 is 2.80 bits per heavy atom. The van der Waals surface area contributed by atoms with E-state index in [1.54, 1.807) is 19.0 Å². The van der Waals surface area contributed by atoms with Crippen LogP contribution in [-0.2, 0) is 17.9 Å². The molecule has 0 unspecified atom stereocenters. The normalized spacial score (nSPS) is 10.9. The van der Waals surface area contributed by atoms with Crippen molar-refractivity contribution in [3.8, 4) is 0 Å². The second-order valence-corrected chi connectivity index (χ2v) is 4.98. The third-order valence-corrected chi connectivity index (χ3v) is 3.35.